The standard InChI is InChI=1S/C48H91NO5/c1-3-5-7-9-11-13-15-17-18-19-21-26-30-34-38-42-48(53)54-43-39-35-31-27-23-22-25-29-33-37-41-47(52)49-45(44-50)46(51)40-36-32-28-24-20-16-14-12-10-8-6-4-2/h23,27,36,40,45-46,50-51H,3-22,24-26,28-35,37-39,41-44H2,1-2H3,(H,49,52)/b27-23-,40-36+. The molecule has 6 heteroatoms. The lowest BCUT2D eigenvalue weighted by Gasteiger charge is -2.20. The third-order valence-corrected chi connectivity index (χ3v) is 10.7. The molecule has 0 aromatic rings. The van der Waals surface area contributed by atoms with Crippen molar-refractivity contribution in [3.63, 3.8) is 0 Å². The first-order valence-electron chi connectivity index (χ1n) is 23.6. The summed E-state index contributed by atoms with van der Waals surface area (Å²) < 4.78 is 5.43. The van der Waals surface area contributed by atoms with E-state index in [-0.39, 0.29) is 18.5 Å². The molecule has 0 fully saturated rings. The van der Waals surface area contributed by atoms with Crippen LogP contribution in [0.3, 0.4) is 0 Å². The van der Waals surface area contributed by atoms with Crippen LogP contribution in [0.2, 0.25) is 0 Å². The molecular formula is C48H91NO5. The lowest BCUT2D eigenvalue weighted by molar-refractivity contribution is -0.143. The highest BCUT2D eigenvalue weighted by Gasteiger charge is 2.18. The third kappa shape index (κ3) is 40.0. The topological polar surface area (TPSA) is 95.9 Å². The van der Waals surface area contributed by atoms with E-state index in [2.05, 4.69) is 31.3 Å². The molecular weight excluding hydrogens is 671 g/mol. The van der Waals surface area contributed by atoms with Gasteiger partial charge in [-0.05, 0) is 57.8 Å². The summed E-state index contributed by atoms with van der Waals surface area (Å²) in [5.41, 5.74) is 0. The first-order valence-corrected chi connectivity index (χ1v) is 23.6. The summed E-state index contributed by atoms with van der Waals surface area (Å²) in [5.74, 6) is -0.141. The van der Waals surface area contributed by atoms with Gasteiger partial charge in [0.15, 0.2) is 0 Å². The Morgan fingerprint density at radius 1 is 0.500 bits per heavy atom. The second kappa shape index (κ2) is 44.1. The molecule has 1 amide bonds. The molecule has 0 heterocycles. The van der Waals surface area contributed by atoms with Crippen molar-refractivity contribution >= 4 is 11.9 Å². The van der Waals surface area contributed by atoms with Gasteiger partial charge < -0.3 is 20.3 Å². The first kappa shape index (κ1) is 52.3. The van der Waals surface area contributed by atoms with Crippen LogP contribution < -0.4 is 5.32 Å². The highest BCUT2D eigenvalue weighted by molar-refractivity contribution is 5.76. The zero-order chi connectivity index (χ0) is 39.4. The van der Waals surface area contributed by atoms with Gasteiger partial charge in [-0.1, -0.05) is 199 Å². The first-order chi connectivity index (χ1) is 26.5. The zero-order valence-corrected chi connectivity index (χ0v) is 36.0. The van der Waals surface area contributed by atoms with Crippen LogP contribution in [0.4, 0.5) is 0 Å². The predicted molar refractivity (Wildman–Crippen MR) is 232 cm³/mol. The Kier molecular flexibility index (Phi) is 42.7. The van der Waals surface area contributed by atoms with Crippen molar-refractivity contribution in [2.24, 2.45) is 0 Å². The smallest absolute Gasteiger partial charge is 0.305 e. The summed E-state index contributed by atoms with van der Waals surface area (Å²) in [6.07, 6.45) is 50.3. The number of amides is 1. The number of hydrogen-bond donors (Lipinski definition) is 3. The van der Waals surface area contributed by atoms with Crippen molar-refractivity contribution in [2.75, 3.05) is 13.2 Å². The number of unbranched alkanes of at least 4 members (excludes halogenated alkanes) is 30. The molecule has 54 heavy (non-hydrogen) atoms. The van der Waals surface area contributed by atoms with Crippen molar-refractivity contribution in [1.82, 2.24) is 5.32 Å². The van der Waals surface area contributed by atoms with E-state index in [0.29, 0.717) is 19.4 Å². The van der Waals surface area contributed by atoms with Crippen LogP contribution in [0, 0.1) is 0 Å². The molecule has 0 rings (SSSR count). The van der Waals surface area contributed by atoms with Crippen LogP contribution in [-0.4, -0.2) is 47.4 Å². The largest absolute Gasteiger partial charge is 0.466 e. The van der Waals surface area contributed by atoms with Crippen LogP contribution in [-0.2, 0) is 14.3 Å². The Labute approximate surface area is 335 Å². The molecule has 0 aromatic heterocycles. The highest BCUT2D eigenvalue weighted by atomic mass is 16.5. The van der Waals surface area contributed by atoms with E-state index in [1.807, 2.05) is 6.08 Å². The maximum Gasteiger partial charge on any atom is 0.305 e. The van der Waals surface area contributed by atoms with Gasteiger partial charge in [0.25, 0.3) is 0 Å². The number of esters is 1. The Morgan fingerprint density at radius 3 is 1.31 bits per heavy atom. The van der Waals surface area contributed by atoms with Crippen LogP contribution in [0.15, 0.2) is 24.3 Å². The number of aliphatic hydroxyl groups is 2. The van der Waals surface area contributed by atoms with Gasteiger partial charge in [0.2, 0.25) is 5.91 Å². The van der Waals surface area contributed by atoms with E-state index >= 15 is 0 Å². The average molecular weight is 762 g/mol. The molecule has 0 aliphatic rings. The van der Waals surface area contributed by atoms with Crippen molar-refractivity contribution in [3.8, 4) is 0 Å². The molecule has 0 bridgehead atoms. The molecule has 6 nitrogen and oxygen atoms in total. The summed E-state index contributed by atoms with van der Waals surface area (Å²) in [7, 11) is 0. The van der Waals surface area contributed by atoms with E-state index < -0.39 is 12.1 Å². The van der Waals surface area contributed by atoms with E-state index in [1.165, 1.54) is 141 Å². The van der Waals surface area contributed by atoms with Crippen LogP contribution >= 0.6 is 0 Å². The van der Waals surface area contributed by atoms with Crippen molar-refractivity contribution in [2.45, 2.75) is 257 Å². The van der Waals surface area contributed by atoms with Crippen LogP contribution in [0.1, 0.15) is 245 Å². The number of rotatable bonds is 43. The van der Waals surface area contributed by atoms with E-state index in [0.717, 1.165) is 77.0 Å². The number of carbonyl (C=O) groups is 2. The third-order valence-electron chi connectivity index (χ3n) is 10.7. The fourth-order valence-electron chi connectivity index (χ4n) is 7.04. The molecule has 2 unspecified atom stereocenters. The number of nitrogens with one attached hydrogen (secondary N) is 1. The maximum atomic E-state index is 12.4. The van der Waals surface area contributed by atoms with Crippen LogP contribution in [0.25, 0.3) is 0 Å². The minimum Gasteiger partial charge on any atom is -0.466 e. The summed E-state index contributed by atoms with van der Waals surface area (Å²) in [6.45, 7) is 4.80. The lowest BCUT2D eigenvalue weighted by Crippen LogP contribution is -2.45. The number of allylic oxidation sites excluding steroid dienone is 3. The highest BCUT2D eigenvalue weighted by Crippen LogP contribution is 2.15. The van der Waals surface area contributed by atoms with Crippen molar-refractivity contribution in [3.05, 3.63) is 24.3 Å². The monoisotopic (exact) mass is 762 g/mol. The molecule has 2 atom stereocenters. The SMILES string of the molecule is CCCCCCCCCCCC/C=C/C(O)C(CO)NC(=O)CCCCCC/C=C\CCCCOC(=O)CCCCCCCCCCCCCCCCC. The number of carbonyl (C=O) groups excluding carboxylic acids is 2. The Hall–Kier alpha value is -1.66. The van der Waals surface area contributed by atoms with E-state index in [1.54, 1.807) is 6.08 Å². The van der Waals surface area contributed by atoms with Gasteiger partial charge in [-0.25, -0.2) is 0 Å². The predicted octanol–water partition coefficient (Wildman–Crippen LogP) is 13.6. The quantitative estimate of drug-likeness (QED) is 0.0327. The Bertz CT molecular complexity index is 843. The molecule has 0 aromatic carbocycles. The van der Waals surface area contributed by atoms with Crippen molar-refractivity contribution < 1.29 is 24.5 Å². The normalized spacial score (nSPS) is 12.9. The minimum atomic E-state index is -0.864. The Balaban J connectivity index is 3.55. The number of hydrogen-bond acceptors (Lipinski definition) is 5. The zero-order valence-electron chi connectivity index (χ0n) is 36.0. The van der Waals surface area contributed by atoms with Gasteiger partial charge >= 0.3 is 5.97 Å². The van der Waals surface area contributed by atoms with Gasteiger partial charge in [0.05, 0.1) is 25.4 Å². The minimum absolute atomic E-state index is 0.0364. The van der Waals surface area contributed by atoms with Gasteiger partial charge in [-0.2, -0.15) is 0 Å². The molecule has 318 valence electrons. The number of ether oxygens (including phenoxy) is 1. The summed E-state index contributed by atoms with van der Waals surface area (Å²) in [5, 5.41) is 22.9. The molecule has 0 aliphatic carbocycles. The molecule has 0 aliphatic heterocycles. The average Bonchev–Trinajstić information content (AvgIpc) is 3.17. The van der Waals surface area contributed by atoms with Gasteiger partial charge in [-0.3, -0.25) is 9.59 Å². The Morgan fingerprint density at radius 2 is 0.870 bits per heavy atom. The molecule has 3 N–H and O–H groups in total. The summed E-state index contributed by atoms with van der Waals surface area (Å²) >= 11 is 0. The number of aliphatic hydroxyl groups excluding tert-OH is 2. The van der Waals surface area contributed by atoms with Gasteiger partial charge in [0, 0.05) is 12.8 Å². The second-order valence-corrected chi connectivity index (χ2v) is 16.1. The van der Waals surface area contributed by atoms with E-state index in [4.69, 9.17) is 4.74 Å². The van der Waals surface area contributed by atoms with Crippen molar-refractivity contribution in [1.29, 1.82) is 0 Å². The van der Waals surface area contributed by atoms with E-state index in [9.17, 15) is 19.8 Å². The lowest BCUT2D eigenvalue weighted by atomic mass is 10.0. The molecule has 0 radical (unpaired) electrons. The summed E-state index contributed by atoms with van der Waals surface area (Å²) in [6, 6.07) is -0.651. The molecule has 0 spiro atoms. The van der Waals surface area contributed by atoms with Crippen LogP contribution in [0.5, 0.6) is 0 Å². The molecule has 0 saturated heterocycles. The summed E-state index contributed by atoms with van der Waals surface area (Å²) in [4.78, 5) is 24.4. The fraction of sp³-hybridized carbons (Fsp3) is 0.875. The fourth-order valence-corrected chi connectivity index (χ4v) is 7.04. The van der Waals surface area contributed by atoms with Gasteiger partial charge in [-0.15, -0.1) is 0 Å². The maximum absolute atomic E-state index is 12.4. The van der Waals surface area contributed by atoms with Gasteiger partial charge in [0.1, 0.15) is 0 Å². The second-order valence-electron chi connectivity index (χ2n) is 16.1. The molecule has 0 saturated carbocycles.